The molecule has 23 heavy (non-hydrogen) atoms. The van der Waals surface area contributed by atoms with Gasteiger partial charge in [0.05, 0.1) is 5.52 Å². The van der Waals surface area contributed by atoms with Gasteiger partial charge in [0, 0.05) is 11.9 Å². The van der Waals surface area contributed by atoms with E-state index < -0.39 is 0 Å². The number of nitrogens with zero attached hydrogens (tertiary/aromatic N) is 1. The van der Waals surface area contributed by atoms with Gasteiger partial charge in [-0.25, -0.2) is 4.98 Å². The van der Waals surface area contributed by atoms with E-state index in [9.17, 15) is 0 Å². The number of anilines is 1. The summed E-state index contributed by atoms with van der Waals surface area (Å²) in [4.78, 5) is 4.62. The minimum atomic E-state index is 0.934. The van der Waals surface area contributed by atoms with Gasteiger partial charge in [-0.05, 0) is 49.7 Å². The molecule has 2 N–H and O–H groups in total. The first kappa shape index (κ1) is 15.5. The molecular weight excluding hydrogens is 282 g/mol. The minimum Gasteiger partial charge on any atom is -0.370 e. The highest BCUT2D eigenvalue weighted by Crippen LogP contribution is 2.14. The summed E-state index contributed by atoms with van der Waals surface area (Å²) in [6.07, 6.45) is 2.17. The van der Waals surface area contributed by atoms with Crippen LogP contribution in [-0.2, 0) is 6.42 Å². The highest BCUT2D eigenvalue weighted by atomic mass is 15.0. The summed E-state index contributed by atoms with van der Waals surface area (Å²) in [5, 5.41) is 8.06. The number of rotatable bonds is 8. The SMILES string of the molecule is c1ccc(CCNCCCNc2ccc3ccccc3n2)cc1. The van der Waals surface area contributed by atoms with Gasteiger partial charge in [-0.1, -0.05) is 48.5 Å². The number of fused-ring (bicyclic) bond motifs is 1. The highest BCUT2D eigenvalue weighted by molar-refractivity contribution is 5.79. The Kier molecular flexibility index (Phi) is 5.59. The lowest BCUT2D eigenvalue weighted by Crippen LogP contribution is -2.20. The Labute approximate surface area is 137 Å². The molecule has 0 bridgehead atoms. The Morgan fingerprint density at radius 3 is 2.48 bits per heavy atom. The molecule has 0 amide bonds. The fourth-order valence-electron chi connectivity index (χ4n) is 2.60. The number of pyridine rings is 1. The predicted molar refractivity (Wildman–Crippen MR) is 97.9 cm³/mol. The maximum Gasteiger partial charge on any atom is 0.126 e. The zero-order valence-electron chi connectivity index (χ0n) is 13.3. The van der Waals surface area contributed by atoms with Crippen molar-refractivity contribution in [3.8, 4) is 0 Å². The molecule has 0 radical (unpaired) electrons. The zero-order valence-corrected chi connectivity index (χ0v) is 13.3. The number of hydrogen-bond acceptors (Lipinski definition) is 3. The summed E-state index contributed by atoms with van der Waals surface area (Å²) >= 11 is 0. The van der Waals surface area contributed by atoms with E-state index in [0.29, 0.717) is 0 Å². The Balaban J connectivity index is 1.33. The van der Waals surface area contributed by atoms with Gasteiger partial charge in [0.1, 0.15) is 5.82 Å². The van der Waals surface area contributed by atoms with E-state index in [2.05, 4.69) is 58.1 Å². The van der Waals surface area contributed by atoms with Crippen LogP contribution in [0.3, 0.4) is 0 Å². The molecule has 3 heteroatoms. The fraction of sp³-hybridized carbons (Fsp3) is 0.250. The van der Waals surface area contributed by atoms with Crippen LogP contribution in [0.1, 0.15) is 12.0 Å². The quantitative estimate of drug-likeness (QED) is 0.620. The summed E-state index contributed by atoms with van der Waals surface area (Å²) in [6, 6.07) is 23.0. The third kappa shape index (κ3) is 4.80. The molecule has 0 saturated carbocycles. The molecule has 3 rings (SSSR count). The van der Waals surface area contributed by atoms with Crippen molar-refractivity contribution in [2.75, 3.05) is 25.0 Å². The van der Waals surface area contributed by atoms with Crippen LogP contribution in [0.25, 0.3) is 10.9 Å². The van der Waals surface area contributed by atoms with Crippen LogP contribution in [0.2, 0.25) is 0 Å². The summed E-state index contributed by atoms with van der Waals surface area (Å²) < 4.78 is 0. The van der Waals surface area contributed by atoms with Gasteiger partial charge in [-0.2, -0.15) is 0 Å². The lowest BCUT2D eigenvalue weighted by Gasteiger charge is -2.08. The summed E-state index contributed by atoms with van der Waals surface area (Å²) in [7, 11) is 0. The zero-order chi connectivity index (χ0) is 15.7. The molecule has 3 aromatic rings. The first-order valence-electron chi connectivity index (χ1n) is 8.26. The average molecular weight is 305 g/mol. The molecule has 0 aliphatic carbocycles. The van der Waals surface area contributed by atoms with Crippen molar-refractivity contribution in [2.45, 2.75) is 12.8 Å². The summed E-state index contributed by atoms with van der Waals surface area (Å²) in [6.45, 7) is 2.98. The van der Waals surface area contributed by atoms with Crippen molar-refractivity contribution in [1.29, 1.82) is 0 Å². The highest BCUT2D eigenvalue weighted by Gasteiger charge is 1.97. The predicted octanol–water partition coefficient (Wildman–Crippen LogP) is 3.87. The van der Waals surface area contributed by atoms with E-state index in [0.717, 1.165) is 43.8 Å². The molecule has 0 saturated heterocycles. The third-order valence-corrected chi connectivity index (χ3v) is 3.87. The Bertz CT molecular complexity index is 725. The molecule has 0 spiro atoms. The second kappa shape index (κ2) is 8.30. The lowest BCUT2D eigenvalue weighted by molar-refractivity contribution is 0.660. The molecule has 2 aromatic carbocycles. The van der Waals surface area contributed by atoms with Crippen LogP contribution >= 0.6 is 0 Å². The van der Waals surface area contributed by atoms with Crippen molar-refractivity contribution in [3.05, 3.63) is 72.3 Å². The largest absolute Gasteiger partial charge is 0.370 e. The maximum absolute atomic E-state index is 4.62. The summed E-state index contributed by atoms with van der Waals surface area (Å²) in [5.41, 5.74) is 2.43. The average Bonchev–Trinajstić information content (AvgIpc) is 2.61. The van der Waals surface area contributed by atoms with Gasteiger partial charge >= 0.3 is 0 Å². The maximum atomic E-state index is 4.62. The molecule has 1 aromatic heterocycles. The van der Waals surface area contributed by atoms with Gasteiger partial charge in [0.15, 0.2) is 0 Å². The van der Waals surface area contributed by atoms with E-state index in [-0.39, 0.29) is 0 Å². The molecule has 118 valence electrons. The van der Waals surface area contributed by atoms with Crippen LogP contribution in [0.15, 0.2) is 66.7 Å². The molecule has 0 atom stereocenters. The standard InChI is InChI=1S/C20H23N3/c1-2-7-17(8-3-1)13-16-21-14-6-15-22-20-12-11-18-9-4-5-10-19(18)23-20/h1-5,7-12,21H,6,13-16H2,(H,22,23). The molecule has 0 aliphatic heterocycles. The third-order valence-electron chi connectivity index (χ3n) is 3.87. The number of aromatic nitrogens is 1. The lowest BCUT2D eigenvalue weighted by atomic mass is 10.1. The van der Waals surface area contributed by atoms with Crippen molar-refractivity contribution >= 4 is 16.7 Å². The number of hydrogen-bond donors (Lipinski definition) is 2. The van der Waals surface area contributed by atoms with Crippen molar-refractivity contribution in [3.63, 3.8) is 0 Å². The van der Waals surface area contributed by atoms with Crippen LogP contribution in [0.5, 0.6) is 0 Å². The molecule has 1 heterocycles. The Hall–Kier alpha value is -2.39. The monoisotopic (exact) mass is 305 g/mol. The minimum absolute atomic E-state index is 0.934. The second-order valence-electron chi connectivity index (χ2n) is 5.66. The van der Waals surface area contributed by atoms with Crippen LogP contribution in [-0.4, -0.2) is 24.6 Å². The van der Waals surface area contributed by atoms with E-state index >= 15 is 0 Å². The fourth-order valence-corrected chi connectivity index (χ4v) is 2.60. The smallest absolute Gasteiger partial charge is 0.126 e. The topological polar surface area (TPSA) is 37.0 Å². The summed E-state index contributed by atoms with van der Waals surface area (Å²) in [5.74, 6) is 0.952. The van der Waals surface area contributed by atoms with Gasteiger partial charge < -0.3 is 10.6 Å². The second-order valence-corrected chi connectivity index (χ2v) is 5.66. The van der Waals surface area contributed by atoms with E-state index in [1.807, 2.05) is 24.3 Å². The first-order valence-corrected chi connectivity index (χ1v) is 8.26. The van der Waals surface area contributed by atoms with Gasteiger partial charge in [-0.15, -0.1) is 0 Å². The first-order chi connectivity index (χ1) is 11.4. The van der Waals surface area contributed by atoms with E-state index in [4.69, 9.17) is 0 Å². The number of nitrogens with one attached hydrogen (secondary N) is 2. The van der Waals surface area contributed by atoms with Crippen molar-refractivity contribution in [2.24, 2.45) is 0 Å². The molecule has 0 aliphatic rings. The van der Waals surface area contributed by atoms with E-state index in [1.165, 1.54) is 10.9 Å². The molecule has 0 unspecified atom stereocenters. The number of para-hydroxylation sites is 1. The van der Waals surface area contributed by atoms with Crippen LogP contribution in [0, 0.1) is 0 Å². The Morgan fingerprint density at radius 1 is 0.739 bits per heavy atom. The van der Waals surface area contributed by atoms with Gasteiger partial charge in [-0.3, -0.25) is 0 Å². The van der Waals surface area contributed by atoms with E-state index in [1.54, 1.807) is 0 Å². The van der Waals surface area contributed by atoms with Crippen LogP contribution in [0.4, 0.5) is 5.82 Å². The van der Waals surface area contributed by atoms with Crippen LogP contribution < -0.4 is 10.6 Å². The molecule has 3 nitrogen and oxygen atoms in total. The van der Waals surface area contributed by atoms with Crippen molar-refractivity contribution in [1.82, 2.24) is 10.3 Å². The van der Waals surface area contributed by atoms with Gasteiger partial charge in [0.2, 0.25) is 0 Å². The molecular formula is C20H23N3. The number of benzene rings is 2. The molecule has 0 fully saturated rings. The van der Waals surface area contributed by atoms with Crippen molar-refractivity contribution < 1.29 is 0 Å². The van der Waals surface area contributed by atoms with Gasteiger partial charge in [0.25, 0.3) is 0 Å². The Morgan fingerprint density at radius 2 is 1.57 bits per heavy atom. The normalized spacial score (nSPS) is 10.8.